The number of hydrogen-bond acceptors (Lipinski definition) is 3. The van der Waals surface area contributed by atoms with Gasteiger partial charge in [0, 0.05) is 11.6 Å². The normalized spacial score (nSPS) is 25.6. The third kappa shape index (κ3) is 2.13. The number of likely N-dealkylation sites (N-methyl/N-ethyl adjacent to an activating group) is 1. The molecule has 15 heavy (non-hydrogen) atoms. The maximum atomic E-state index is 10.1. The van der Waals surface area contributed by atoms with Gasteiger partial charge in [0.05, 0.1) is 6.10 Å². The van der Waals surface area contributed by atoms with Crippen LogP contribution in [0.3, 0.4) is 0 Å². The predicted molar refractivity (Wildman–Crippen MR) is 59.0 cm³/mol. The summed E-state index contributed by atoms with van der Waals surface area (Å²) in [4.78, 5) is 2.09. The topological polar surface area (TPSA) is 32.7 Å². The van der Waals surface area contributed by atoms with E-state index in [1.807, 2.05) is 38.4 Å². The lowest BCUT2D eigenvalue weighted by molar-refractivity contribution is 0.116. The molecule has 0 radical (unpaired) electrons. The Kier molecular flexibility index (Phi) is 2.93. The number of hydrogen-bond donors (Lipinski definition) is 1. The van der Waals surface area contributed by atoms with Crippen LogP contribution in [0.1, 0.15) is 18.1 Å². The Morgan fingerprint density at radius 3 is 2.80 bits per heavy atom. The van der Waals surface area contributed by atoms with E-state index in [2.05, 4.69) is 4.90 Å². The molecule has 0 saturated heterocycles. The molecular weight excluding hydrogens is 190 g/mol. The molecule has 1 aromatic rings. The van der Waals surface area contributed by atoms with Crippen molar-refractivity contribution in [1.29, 1.82) is 0 Å². The first kappa shape index (κ1) is 10.5. The van der Waals surface area contributed by atoms with E-state index < -0.39 is 6.10 Å². The smallest absolute Gasteiger partial charge is 0.125 e. The van der Waals surface area contributed by atoms with Crippen LogP contribution < -0.4 is 4.74 Å². The first-order valence-electron chi connectivity index (χ1n) is 5.24. The monoisotopic (exact) mass is 207 g/mol. The molecule has 3 heteroatoms. The highest BCUT2D eigenvalue weighted by atomic mass is 16.5. The number of ether oxygens (including phenoxy) is 1. The molecule has 3 nitrogen and oxygen atoms in total. The maximum Gasteiger partial charge on any atom is 0.125 e. The zero-order valence-electron chi connectivity index (χ0n) is 9.18. The summed E-state index contributed by atoms with van der Waals surface area (Å²) in [6.45, 7) is 0.640. The van der Waals surface area contributed by atoms with Gasteiger partial charge in [-0.05, 0) is 26.6 Å². The molecule has 1 heterocycles. The molecule has 0 amide bonds. The van der Waals surface area contributed by atoms with Crippen molar-refractivity contribution in [2.45, 2.75) is 18.6 Å². The third-order valence-corrected chi connectivity index (χ3v) is 2.93. The van der Waals surface area contributed by atoms with Crippen LogP contribution in [-0.4, -0.2) is 36.8 Å². The quantitative estimate of drug-likeness (QED) is 0.756. The van der Waals surface area contributed by atoms with Crippen molar-refractivity contribution in [3.05, 3.63) is 29.8 Å². The Bertz CT molecular complexity index is 338. The summed E-state index contributed by atoms with van der Waals surface area (Å²) in [5.41, 5.74) is 0.904. The molecule has 0 aromatic heterocycles. The Hall–Kier alpha value is -1.06. The van der Waals surface area contributed by atoms with Crippen molar-refractivity contribution in [1.82, 2.24) is 4.90 Å². The number of benzene rings is 1. The van der Waals surface area contributed by atoms with Crippen molar-refractivity contribution in [2.24, 2.45) is 0 Å². The van der Waals surface area contributed by atoms with Gasteiger partial charge in [-0.3, -0.25) is 0 Å². The zero-order chi connectivity index (χ0) is 10.8. The Morgan fingerprint density at radius 2 is 2.07 bits per heavy atom. The molecule has 1 N–H and O–H groups in total. The molecule has 0 bridgehead atoms. The molecule has 1 aliphatic rings. The number of aliphatic hydroxyl groups excluding tert-OH is 1. The van der Waals surface area contributed by atoms with Crippen LogP contribution in [-0.2, 0) is 0 Å². The molecular formula is C12H17NO2. The van der Waals surface area contributed by atoms with Gasteiger partial charge in [0.1, 0.15) is 12.4 Å². The highest BCUT2D eigenvalue weighted by Crippen LogP contribution is 2.31. The average Bonchev–Trinajstić information content (AvgIpc) is 2.39. The van der Waals surface area contributed by atoms with Gasteiger partial charge in [0.2, 0.25) is 0 Å². The number of rotatable bonds is 1. The van der Waals surface area contributed by atoms with E-state index in [-0.39, 0.29) is 6.04 Å². The summed E-state index contributed by atoms with van der Waals surface area (Å²) in [5, 5.41) is 10.1. The van der Waals surface area contributed by atoms with E-state index in [4.69, 9.17) is 4.74 Å². The summed E-state index contributed by atoms with van der Waals surface area (Å²) < 4.78 is 5.69. The molecule has 2 rings (SSSR count). The Balaban J connectivity index is 2.24. The number of para-hydroxylation sites is 1. The zero-order valence-corrected chi connectivity index (χ0v) is 9.18. The summed E-state index contributed by atoms with van der Waals surface area (Å²) in [6, 6.07) is 7.98. The molecule has 0 unspecified atom stereocenters. The van der Waals surface area contributed by atoms with E-state index >= 15 is 0 Å². The summed E-state index contributed by atoms with van der Waals surface area (Å²) in [7, 11) is 4.02. The van der Waals surface area contributed by atoms with Crippen molar-refractivity contribution in [3.8, 4) is 5.75 Å². The van der Waals surface area contributed by atoms with Crippen LogP contribution in [0.15, 0.2) is 24.3 Å². The van der Waals surface area contributed by atoms with Crippen molar-refractivity contribution < 1.29 is 9.84 Å². The van der Waals surface area contributed by atoms with Gasteiger partial charge in [0.15, 0.2) is 0 Å². The van der Waals surface area contributed by atoms with E-state index in [0.29, 0.717) is 6.61 Å². The van der Waals surface area contributed by atoms with E-state index in [1.54, 1.807) is 0 Å². The fourth-order valence-corrected chi connectivity index (χ4v) is 1.89. The SMILES string of the molecule is CN(C)[C@H]1COc2ccccc2[C@@H](O)C1. The standard InChI is InChI=1S/C12H17NO2/c1-13(2)9-7-11(14)10-5-3-4-6-12(10)15-8-9/h3-6,9,11,14H,7-8H2,1-2H3/t9-,11+/m1/s1. The first-order valence-corrected chi connectivity index (χ1v) is 5.24. The lowest BCUT2D eigenvalue weighted by atomic mass is 10.0. The summed E-state index contributed by atoms with van der Waals surface area (Å²) in [6.07, 6.45) is 0.306. The van der Waals surface area contributed by atoms with E-state index in [0.717, 1.165) is 17.7 Å². The van der Waals surface area contributed by atoms with Crippen molar-refractivity contribution >= 4 is 0 Å². The van der Waals surface area contributed by atoms with E-state index in [1.165, 1.54) is 0 Å². The van der Waals surface area contributed by atoms with E-state index in [9.17, 15) is 5.11 Å². The second-order valence-electron chi connectivity index (χ2n) is 4.22. The second kappa shape index (κ2) is 4.21. The minimum atomic E-state index is -0.420. The van der Waals surface area contributed by atoms with Crippen molar-refractivity contribution in [2.75, 3.05) is 20.7 Å². The van der Waals surface area contributed by atoms with Crippen LogP contribution in [0.2, 0.25) is 0 Å². The van der Waals surface area contributed by atoms with Crippen molar-refractivity contribution in [3.63, 3.8) is 0 Å². The van der Waals surface area contributed by atoms with Gasteiger partial charge in [-0.25, -0.2) is 0 Å². The third-order valence-electron chi connectivity index (χ3n) is 2.93. The highest BCUT2D eigenvalue weighted by Gasteiger charge is 2.24. The molecule has 1 aromatic carbocycles. The maximum absolute atomic E-state index is 10.1. The lowest BCUT2D eigenvalue weighted by Gasteiger charge is -2.22. The minimum Gasteiger partial charge on any atom is -0.492 e. The number of aliphatic hydroxyl groups is 1. The predicted octanol–water partition coefficient (Wildman–Crippen LogP) is 1.43. The summed E-state index contributed by atoms with van der Waals surface area (Å²) in [5.74, 6) is 0.814. The fraction of sp³-hybridized carbons (Fsp3) is 0.500. The van der Waals surface area contributed by atoms with Gasteiger partial charge in [-0.1, -0.05) is 18.2 Å². The van der Waals surface area contributed by atoms with Gasteiger partial charge in [-0.2, -0.15) is 0 Å². The fourth-order valence-electron chi connectivity index (χ4n) is 1.89. The van der Waals surface area contributed by atoms with Crippen LogP contribution >= 0.6 is 0 Å². The average molecular weight is 207 g/mol. The molecule has 0 fully saturated rings. The number of nitrogens with zero attached hydrogens (tertiary/aromatic N) is 1. The molecule has 0 spiro atoms. The first-order chi connectivity index (χ1) is 7.18. The Labute approximate surface area is 90.3 Å². The summed E-state index contributed by atoms with van der Waals surface area (Å²) >= 11 is 0. The van der Waals surface area contributed by atoms with Gasteiger partial charge in [-0.15, -0.1) is 0 Å². The molecule has 1 aliphatic heterocycles. The molecule has 82 valence electrons. The second-order valence-corrected chi connectivity index (χ2v) is 4.22. The van der Waals surface area contributed by atoms with Crippen LogP contribution in [0, 0.1) is 0 Å². The van der Waals surface area contributed by atoms with Crippen LogP contribution in [0.5, 0.6) is 5.75 Å². The minimum absolute atomic E-state index is 0.271. The van der Waals surface area contributed by atoms with Gasteiger partial charge in [0.25, 0.3) is 0 Å². The lowest BCUT2D eigenvalue weighted by Crippen LogP contribution is -2.33. The molecule has 0 aliphatic carbocycles. The van der Waals surface area contributed by atoms with Crippen LogP contribution in [0.4, 0.5) is 0 Å². The van der Waals surface area contributed by atoms with Gasteiger partial charge < -0.3 is 14.7 Å². The Morgan fingerprint density at radius 1 is 1.33 bits per heavy atom. The highest BCUT2D eigenvalue weighted by molar-refractivity contribution is 5.35. The largest absolute Gasteiger partial charge is 0.492 e. The van der Waals surface area contributed by atoms with Gasteiger partial charge >= 0.3 is 0 Å². The number of fused-ring (bicyclic) bond motifs is 1. The molecule has 2 atom stereocenters. The van der Waals surface area contributed by atoms with Crippen LogP contribution in [0.25, 0.3) is 0 Å². The molecule has 0 saturated carbocycles.